The number of nitrogens with two attached hydrogens (primary N) is 1. The third kappa shape index (κ3) is 4.97. The van der Waals surface area contributed by atoms with Crippen LogP contribution in [0.1, 0.15) is 44.0 Å². The van der Waals surface area contributed by atoms with E-state index >= 15 is 0 Å². The van der Waals surface area contributed by atoms with Crippen molar-refractivity contribution in [2.24, 2.45) is 11.1 Å². The minimum Gasteiger partial charge on any atom is -0.378 e. The summed E-state index contributed by atoms with van der Waals surface area (Å²) in [4.78, 5) is 24.3. The molecule has 0 heterocycles. The highest BCUT2D eigenvalue weighted by Crippen LogP contribution is 2.49. The van der Waals surface area contributed by atoms with E-state index in [0.717, 1.165) is 0 Å². The first-order valence-electron chi connectivity index (χ1n) is 8.95. The van der Waals surface area contributed by atoms with Crippen LogP contribution in [0.15, 0.2) is 24.3 Å². The van der Waals surface area contributed by atoms with Crippen molar-refractivity contribution in [2.45, 2.75) is 45.3 Å². The van der Waals surface area contributed by atoms with E-state index in [2.05, 4.69) is 10.6 Å². The fourth-order valence-corrected chi connectivity index (χ4v) is 3.17. The van der Waals surface area contributed by atoms with E-state index in [0.29, 0.717) is 38.1 Å². The molecule has 1 aliphatic carbocycles. The summed E-state index contributed by atoms with van der Waals surface area (Å²) in [7, 11) is 0. The van der Waals surface area contributed by atoms with Crippen molar-refractivity contribution in [1.82, 2.24) is 10.6 Å². The minimum absolute atomic E-state index is 0. The third-order valence-electron chi connectivity index (χ3n) is 5.27. The summed E-state index contributed by atoms with van der Waals surface area (Å²) < 4.78 is 18.5. The van der Waals surface area contributed by atoms with Crippen molar-refractivity contribution in [3.8, 4) is 0 Å². The summed E-state index contributed by atoms with van der Waals surface area (Å²) in [5.41, 5.74) is 5.33. The first-order valence-corrected chi connectivity index (χ1v) is 8.95. The Morgan fingerprint density at radius 1 is 1.22 bits per heavy atom. The Labute approximate surface area is 165 Å². The molecule has 27 heavy (non-hydrogen) atoms. The summed E-state index contributed by atoms with van der Waals surface area (Å²) in [6.45, 7) is 7.22. The fraction of sp³-hybridized carbons (Fsp3) is 0.579. The molecule has 1 aromatic rings. The van der Waals surface area contributed by atoms with Gasteiger partial charge in [0.05, 0.1) is 6.10 Å². The lowest BCUT2D eigenvalue weighted by atomic mass is 9.54. The lowest BCUT2D eigenvalue weighted by Crippen LogP contribution is -2.75. The van der Waals surface area contributed by atoms with Crippen molar-refractivity contribution in [1.29, 1.82) is 0 Å². The van der Waals surface area contributed by atoms with Crippen LogP contribution in [0.25, 0.3) is 0 Å². The van der Waals surface area contributed by atoms with Gasteiger partial charge >= 0.3 is 0 Å². The van der Waals surface area contributed by atoms with Crippen LogP contribution in [-0.2, 0) is 9.53 Å². The Hall–Kier alpha value is -1.70. The zero-order valence-corrected chi connectivity index (χ0v) is 16.8. The lowest BCUT2D eigenvalue weighted by molar-refractivity contribution is -0.170. The zero-order valence-electron chi connectivity index (χ0n) is 16.0. The van der Waals surface area contributed by atoms with Crippen molar-refractivity contribution >= 4 is 24.2 Å². The second-order valence-corrected chi connectivity index (χ2v) is 7.21. The highest BCUT2D eigenvalue weighted by molar-refractivity contribution is 5.94. The standard InChI is InChI=1S/C19H28FN3O3.ClH/c1-4-26-15-12-19(21,18(15,2)3)17(25)23-11-5-10-22-16(24)13-6-8-14(20)9-7-13;/h6-9,15H,4-5,10-12,21H2,1-3H3,(H,22,24)(H,23,25);1H. The molecule has 1 aromatic carbocycles. The molecule has 1 fully saturated rings. The second-order valence-electron chi connectivity index (χ2n) is 7.21. The van der Waals surface area contributed by atoms with E-state index in [-0.39, 0.29) is 36.1 Å². The van der Waals surface area contributed by atoms with Gasteiger partial charge in [-0.15, -0.1) is 12.4 Å². The van der Waals surface area contributed by atoms with Crippen LogP contribution in [0.5, 0.6) is 0 Å². The van der Waals surface area contributed by atoms with Crippen molar-refractivity contribution in [2.75, 3.05) is 19.7 Å². The number of benzene rings is 1. The van der Waals surface area contributed by atoms with Gasteiger partial charge in [-0.05, 0) is 37.6 Å². The van der Waals surface area contributed by atoms with Gasteiger partial charge < -0.3 is 21.1 Å². The Morgan fingerprint density at radius 2 is 1.81 bits per heavy atom. The third-order valence-corrected chi connectivity index (χ3v) is 5.27. The van der Waals surface area contributed by atoms with Gasteiger partial charge in [0.2, 0.25) is 5.91 Å². The van der Waals surface area contributed by atoms with Crippen molar-refractivity contribution in [3.05, 3.63) is 35.6 Å². The topological polar surface area (TPSA) is 93.4 Å². The van der Waals surface area contributed by atoms with E-state index in [4.69, 9.17) is 10.5 Å². The largest absolute Gasteiger partial charge is 0.378 e. The Kier molecular flexibility index (Phi) is 8.20. The van der Waals surface area contributed by atoms with Crippen LogP contribution in [0, 0.1) is 11.2 Å². The predicted molar refractivity (Wildman–Crippen MR) is 104 cm³/mol. The first-order chi connectivity index (χ1) is 12.2. The molecule has 2 unspecified atom stereocenters. The van der Waals surface area contributed by atoms with Gasteiger partial charge in [-0.3, -0.25) is 9.59 Å². The number of nitrogens with one attached hydrogen (secondary N) is 2. The number of rotatable bonds is 8. The molecule has 0 aliphatic heterocycles. The fourth-order valence-electron chi connectivity index (χ4n) is 3.17. The minimum atomic E-state index is -0.940. The molecule has 1 aliphatic rings. The summed E-state index contributed by atoms with van der Waals surface area (Å²) in [5.74, 6) is -0.847. The highest BCUT2D eigenvalue weighted by Gasteiger charge is 2.62. The van der Waals surface area contributed by atoms with Crippen LogP contribution in [0.3, 0.4) is 0 Å². The van der Waals surface area contributed by atoms with E-state index in [9.17, 15) is 14.0 Å². The van der Waals surface area contributed by atoms with E-state index in [1.165, 1.54) is 24.3 Å². The molecule has 2 atom stereocenters. The molecule has 152 valence electrons. The van der Waals surface area contributed by atoms with Crippen LogP contribution < -0.4 is 16.4 Å². The van der Waals surface area contributed by atoms with Gasteiger partial charge in [-0.1, -0.05) is 13.8 Å². The van der Waals surface area contributed by atoms with Crippen LogP contribution in [0.2, 0.25) is 0 Å². The van der Waals surface area contributed by atoms with Crippen molar-refractivity contribution in [3.63, 3.8) is 0 Å². The Balaban J connectivity index is 0.00000364. The van der Waals surface area contributed by atoms with E-state index in [1.54, 1.807) is 0 Å². The SMILES string of the molecule is CCOC1CC(N)(C(=O)NCCCNC(=O)c2ccc(F)cc2)C1(C)C.Cl. The smallest absolute Gasteiger partial charge is 0.251 e. The average molecular weight is 402 g/mol. The van der Waals surface area contributed by atoms with Gasteiger partial charge in [0.25, 0.3) is 5.91 Å². The number of carbonyl (C=O) groups excluding carboxylic acids is 2. The predicted octanol–water partition coefficient (Wildman–Crippen LogP) is 2.02. The molecular weight excluding hydrogens is 373 g/mol. The molecule has 0 aromatic heterocycles. The molecule has 0 radical (unpaired) electrons. The maximum absolute atomic E-state index is 12.8. The summed E-state index contributed by atoms with van der Waals surface area (Å²) in [6, 6.07) is 5.34. The number of hydrogen-bond donors (Lipinski definition) is 3. The van der Waals surface area contributed by atoms with Gasteiger partial charge in [0.15, 0.2) is 0 Å². The average Bonchev–Trinajstić information content (AvgIpc) is 2.61. The van der Waals surface area contributed by atoms with Gasteiger partial charge in [0, 0.05) is 37.1 Å². The van der Waals surface area contributed by atoms with Gasteiger partial charge in [-0.2, -0.15) is 0 Å². The van der Waals surface area contributed by atoms with E-state index in [1.807, 2.05) is 20.8 Å². The van der Waals surface area contributed by atoms with E-state index < -0.39 is 11.0 Å². The molecular formula is C19H29ClFN3O3. The number of carbonyl (C=O) groups is 2. The molecule has 1 saturated carbocycles. The number of ether oxygens (including phenoxy) is 1. The quantitative estimate of drug-likeness (QED) is 0.581. The summed E-state index contributed by atoms with van der Waals surface area (Å²) in [6.07, 6.45) is 1.06. The monoisotopic (exact) mass is 401 g/mol. The number of amides is 2. The maximum Gasteiger partial charge on any atom is 0.251 e. The number of hydrogen-bond acceptors (Lipinski definition) is 4. The first kappa shape index (κ1) is 23.3. The molecule has 0 bridgehead atoms. The maximum atomic E-state index is 12.8. The van der Waals surface area contributed by atoms with Gasteiger partial charge in [-0.25, -0.2) is 4.39 Å². The number of halogens is 2. The summed E-state index contributed by atoms with van der Waals surface area (Å²) >= 11 is 0. The van der Waals surface area contributed by atoms with Crippen LogP contribution in [-0.4, -0.2) is 43.2 Å². The Morgan fingerprint density at radius 3 is 2.37 bits per heavy atom. The molecule has 2 rings (SSSR count). The van der Waals surface area contributed by atoms with Crippen LogP contribution >= 0.6 is 12.4 Å². The Bertz CT molecular complexity index is 654. The summed E-state index contributed by atoms with van der Waals surface area (Å²) in [5, 5.41) is 5.58. The van der Waals surface area contributed by atoms with Crippen molar-refractivity contribution < 1.29 is 18.7 Å². The van der Waals surface area contributed by atoms with Gasteiger partial charge in [0.1, 0.15) is 11.4 Å². The lowest BCUT2D eigenvalue weighted by Gasteiger charge is -2.57. The normalized spacial score (nSPS) is 22.9. The molecule has 0 spiro atoms. The molecule has 2 amide bonds. The second kappa shape index (κ2) is 9.48. The zero-order chi connectivity index (χ0) is 19.4. The molecule has 6 nitrogen and oxygen atoms in total. The molecule has 8 heteroatoms. The molecule has 0 saturated heterocycles. The van der Waals surface area contributed by atoms with Crippen LogP contribution in [0.4, 0.5) is 4.39 Å². The molecule has 4 N–H and O–H groups in total. The highest BCUT2D eigenvalue weighted by atomic mass is 35.5.